The summed E-state index contributed by atoms with van der Waals surface area (Å²) in [6.07, 6.45) is 48.7. The number of allylic oxidation sites excluding steroid dienone is 4. The van der Waals surface area contributed by atoms with Crippen molar-refractivity contribution in [2.45, 2.75) is 244 Å². The summed E-state index contributed by atoms with van der Waals surface area (Å²) < 4.78 is 33.4. The van der Waals surface area contributed by atoms with Crippen LogP contribution in [0.2, 0.25) is 0 Å². The molecule has 0 spiro atoms. The third kappa shape index (κ3) is 44.5. The predicted molar refractivity (Wildman–Crippen MR) is 242 cm³/mol. The van der Waals surface area contributed by atoms with E-state index in [9.17, 15) is 19.4 Å². The van der Waals surface area contributed by atoms with Crippen LogP contribution >= 0.6 is 7.82 Å². The molecule has 0 amide bonds. The molecule has 0 aliphatic heterocycles. The van der Waals surface area contributed by atoms with Gasteiger partial charge in [-0.2, -0.15) is 0 Å². The van der Waals surface area contributed by atoms with Gasteiger partial charge in [-0.1, -0.05) is 212 Å². The number of esters is 1. The fourth-order valence-corrected chi connectivity index (χ4v) is 7.71. The fraction of sp³-hybridized carbons (Fsp3) is 0.896. The highest BCUT2D eigenvalue weighted by Crippen LogP contribution is 2.43. The second kappa shape index (κ2) is 45.5. The number of phosphoric acid groups is 1. The first kappa shape index (κ1) is 56.9. The molecule has 344 valence electrons. The van der Waals surface area contributed by atoms with Gasteiger partial charge in [0.1, 0.15) is 12.2 Å². The molecule has 0 heterocycles. The molecule has 0 radical (unpaired) electrons. The topological polar surface area (TPSA) is 132 Å². The maximum absolute atomic E-state index is 12.6. The molecule has 10 heteroatoms. The lowest BCUT2D eigenvalue weighted by molar-refractivity contribution is -0.154. The first-order chi connectivity index (χ1) is 28.3. The minimum absolute atomic E-state index is 0.0479. The molecule has 0 aliphatic carbocycles. The fourth-order valence-electron chi connectivity index (χ4n) is 6.92. The van der Waals surface area contributed by atoms with Crippen LogP contribution in [0.4, 0.5) is 0 Å². The van der Waals surface area contributed by atoms with Crippen molar-refractivity contribution in [2.75, 3.05) is 33.0 Å². The number of rotatable bonds is 47. The Labute approximate surface area is 357 Å². The number of hydrogen-bond donors (Lipinski definition) is 3. The van der Waals surface area contributed by atoms with Crippen LogP contribution in [0.25, 0.3) is 0 Å². The number of carbonyl (C=O) groups excluding carboxylic acids is 1. The Bertz CT molecular complexity index is 959. The highest BCUT2D eigenvalue weighted by Gasteiger charge is 2.26. The molecule has 58 heavy (non-hydrogen) atoms. The maximum Gasteiger partial charge on any atom is 0.472 e. The lowest BCUT2D eigenvalue weighted by Crippen LogP contribution is -2.29. The van der Waals surface area contributed by atoms with Gasteiger partial charge >= 0.3 is 13.8 Å². The Hall–Kier alpha value is -1.06. The van der Waals surface area contributed by atoms with Crippen LogP contribution in [0, 0.1) is 0 Å². The summed E-state index contributed by atoms with van der Waals surface area (Å²) in [6.45, 7) is 3.48. The van der Waals surface area contributed by atoms with Gasteiger partial charge in [0.15, 0.2) is 0 Å². The van der Waals surface area contributed by atoms with Crippen molar-refractivity contribution in [2.24, 2.45) is 0 Å². The summed E-state index contributed by atoms with van der Waals surface area (Å²) in [5, 5.41) is 18.4. The second-order valence-corrected chi connectivity index (χ2v) is 17.9. The number of ether oxygens (including phenoxy) is 2. The lowest BCUT2D eigenvalue weighted by atomic mass is 10.0. The van der Waals surface area contributed by atoms with Gasteiger partial charge in [0, 0.05) is 13.0 Å². The molecule has 0 rings (SSSR count). The SMILES string of the molecule is CCC/C=C\C/C=C\CCCCCCCC(=O)OC(COCCCCCCCCCCCCCCCCCCCCCCCCCC)COP(=O)(O)OCC(O)CO. The molecule has 0 aromatic rings. The molecule has 0 fully saturated rings. The van der Waals surface area contributed by atoms with Crippen molar-refractivity contribution in [1.29, 1.82) is 0 Å². The molecule has 0 bridgehead atoms. The average molecular weight is 845 g/mol. The van der Waals surface area contributed by atoms with Gasteiger partial charge in [-0.25, -0.2) is 4.57 Å². The molecule has 0 saturated heterocycles. The molecule has 0 saturated carbocycles. The van der Waals surface area contributed by atoms with E-state index >= 15 is 0 Å². The van der Waals surface area contributed by atoms with Gasteiger partial charge in [0.25, 0.3) is 0 Å². The van der Waals surface area contributed by atoms with Gasteiger partial charge < -0.3 is 24.6 Å². The van der Waals surface area contributed by atoms with E-state index in [0.29, 0.717) is 13.0 Å². The molecule has 3 N–H and O–H groups in total. The van der Waals surface area contributed by atoms with E-state index in [2.05, 4.69) is 38.2 Å². The van der Waals surface area contributed by atoms with Crippen LogP contribution < -0.4 is 0 Å². The molecular weight excluding hydrogens is 751 g/mol. The van der Waals surface area contributed by atoms with E-state index in [0.717, 1.165) is 57.8 Å². The van der Waals surface area contributed by atoms with Gasteiger partial charge in [-0.3, -0.25) is 13.8 Å². The monoisotopic (exact) mass is 845 g/mol. The quantitative estimate of drug-likeness (QED) is 0.0237. The minimum atomic E-state index is -4.52. The zero-order valence-corrected chi connectivity index (χ0v) is 38.7. The number of phosphoric ester groups is 1. The zero-order chi connectivity index (χ0) is 42.5. The van der Waals surface area contributed by atoms with E-state index < -0.39 is 39.2 Å². The van der Waals surface area contributed by atoms with E-state index in [4.69, 9.17) is 23.6 Å². The van der Waals surface area contributed by atoms with Gasteiger partial charge in [0.2, 0.25) is 0 Å². The number of unbranched alkanes of at least 4 members (excludes halogenated alkanes) is 29. The van der Waals surface area contributed by atoms with Crippen LogP contribution in [0.15, 0.2) is 24.3 Å². The highest BCUT2D eigenvalue weighted by atomic mass is 31.2. The predicted octanol–water partition coefficient (Wildman–Crippen LogP) is 13.8. The van der Waals surface area contributed by atoms with E-state index in [1.54, 1.807) is 0 Å². The Morgan fingerprint density at radius 3 is 1.45 bits per heavy atom. The summed E-state index contributed by atoms with van der Waals surface area (Å²) in [7, 11) is -4.52. The summed E-state index contributed by atoms with van der Waals surface area (Å²) in [4.78, 5) is 22.6. The summed E-state index contributed by atoms with van der Waals surface area (Å²) >= 11 is 0. The molecular formula is C48H93O9P. The van der Waals surface area contributed by atoms with Gasteiger partial charge in [-0.05, 0) is 38.5 Å². The summed E-state index contributed by atoms with van der Waals surface area (Å²) in [6, 6.07) is 0. The first-order valence-corrected chi connectivity index (χ1v) is 25.8. The third-order valence-electron chi connectivity index (χ3n) is 10.6. The molecule has 0 aliphatic rings. The lowest BCUT2D eigenvalue weighted by Gasteiger charge is -2.20. The number of hydrogen-bond acceptors (Lipinski definition) is 8. The minimum Gasteiger partial charge on any atom is -0.457 e. The van der Waals surface area contributed by atoms with Crippen molar-refractivity contribution < 1.29 is 43.0 Å². The van der Waals surface area contributed by atoms with Crippen LogP contribution in [0.3, 0.4) is 0 Å². The normalized spacial score (nSPS) is 14.1. The largest absolute Gasteiger partial charge is 0.472 e. The Morgan fingerprint density at radius 2 is 0.966 bits per heavy atom. The van der Waals surface area contributed by atoms with Crippen molar-refractivity contribution in [3.05, 3.63) is 24.3 Å². The standard InChI is InChI=1S/C48H93O9P/c1-3-5-7-9-11-13-15-17-18-19-20-21-22-23-24-25-26-27-29-31-33-35-37-39-41-54-44-47(45-56-58(52,53)55-43-46(50)42-49)57-48(51)40-38-36-34-32-30-28-16-14-12-10-8-6-4-2/h8,10,14,16,46-47,49-50H,3-7,9,11-13,15,17-45H2,1-2H3,(H,52,53)/b10-8-,16-14-. The Balaban J connectivity index is 3.99. The summed E-state index contributed by atoms with van der Waals surface area (Å²) in [5.41, 5.74) is 0. The molecule has 0 aromatic carbocycles. The van der Waals surface area contributed by atoms with E-state index in [1.807, 2.05) is 0 Å². The Kier molecular flexibility index (Phi) is 44.6. The molecule has 0 aromatic heterocycles. The zero-order valence-electron chi connectivity index (χ0n) is 37.8. The van der Waals surface area contributed by atoms with Crippen molar-refractivity contribution in [3.63, 3.8) is 0 Å². The van der Waals surface area contributed by atoms with Gasteiger partial charge in [0.05, 0.1) is 26.4 Å². The molecule has 3 unspecified atom stereocenters. The van der Waals surface area contributed by atoms with Crippen molar-refractivity contribution >= 4 is 13.8 Å². The van der Waals surface area contributed by atoms with Crippen molar-refractivity contribution in [3.8, 4) is 0 Å². The first-order valence-electron chi connectivity index (χ1n) is 24.3. The smallest absolute Gasteiger partial charge is 0.457 e. The van der Waals surface area contributed by atoms with Crippen LogP contribution in [0.5, 0.6) is 0 Å². The highest BCUT2D eigenvalue weighted by molar-refractivity contribution is 7.47. The van der Waals surface area contributed by atoms with Crippen LogP contribution in [-0.4, -0.2) is 66.3 Å². The van der Waals surface area contributed by atoms with Crippen LogP contribution in [-0.2, 0) is 27.9 Å². The number of aliphatic hydroxyl groups excluding tert-OH is 2. The summed E-state index contributed by atoms with van der Waals surface area (Å²) in [5.74, 6) is -0.393. The third-order valence-corrected chi connectivity index (χ3v) is 11.6. The molecule has 3 atom stereocenters. The average Bonchev–Trinajstić information content (AvgIpc) is 3.21. The van der Waals surface area contributed by atoms with Crippen molar-refractivity contribution in [1.82, 2.24) is 0 Å². The van der Waals surface area contributed by atoms with Gasteiger partial charge in [-0.15, -0.1) is 0 Å². The number of carbonyl (C=O) groups is 1. The van der Waals surface area contributed by atoms with E-state index in [-0.39, 0.29) is 19.6 Å². The van der Waals surface area contributed by atoms with E-state index in [1.165, 1.54) is 148 Å². The Morgan fingerprint density at radius 1 is 0.534 bits per heavy atom. The maximum atomic E-state index is 12.6. The van der Waals surface area contributed by atoms with Crippen LogP contribution in [0.1, 0.15) is 232 Å². The second-order valence-electron chi connectivity index (χ2n) is 16.5. The molecule has 9 nitrogen and oxygen atoms in total. The number of aliphatic hydroxyl groups is 2.